The minimum atomic E-state index is -3.68. The number of nitrogens with one attached hydrogen (secondary N) is 1. The van der Waals surface area contributed by atoms with Gasteiger partial charge < -0.3 is 14.4 Å². The number of esters is 1. The Morgan fingerprint density at radius 1 is 1.26 bits per heavy atom. The highest BCUT2D eigenvalue weighted by Gasteiger charge is 2.24. The molecule has 27 heavy (non-hydrogen) atoms. The SMILES string of the molecule is CC1CN(C(=O)COC(=O)c2ccc(S(=O)(=O)NC(C)(C)C)cc2)CCO1. The van der Waals surface area contributed by atoms with Crippen molar-refractivity contribution in [1.82, 2.24) is 9.62 Å². The first-order chi connectivity index (χ1) is 12.5. The summed E-state index contributed by atoms with van der Waals surface area (Å²) < 4.78 is 37.5. The van der Waals surface area contributed by atoms with Crippen LogP contribution in [0.5, 0.6) is 0 Å². The number of hydrogen-bond donors (Lipinski definition) is 1. The Hall–Kier alpha value is -1.97. The predicted octanol–water partition coefficient (Wildman–Crippen LogP) is 1.17. The molecule has 1 aromatic carbocycles. The van der Waals surface area contributed by atoms with Crippen molar-refractivity contribution in [1.29, 1.82) is 0 Å². The van der Waals surface area contributed by atoms with E-state index in [-0.39, 0.29) is 29.1 Å². The van der Waals surface area contributed by atoms with Gasteiger partial charge in [-0.1, -0.05) is 0 Å². The summed E-state index contributed by atoms with van der Waals surface area (Å²) in [6, 6.07) is 5.38. The summed E-state index contributed by atoms with van der Waals surface area (Å²) in [5.41, 5.74) is -0.443. The van der Waals surface area contributed by atoms with E-state index in [4.69, 9.17) is 9.47 Å². The first kappa shape index (κ1) is 21.3. The van der Waals surface area contributed by atoms with Crippen LogP contribution in [0.4, 0.5) is 0 Å². The van der Waals surface area contributed by atoms with Crippen LogP contribution in [-0.2, 0) is 24.3 Å². The van der Waals surface area contributed by atoms with Crippen LogP contribution in [-0.4, -0.2) is 63.1 Å². The van der Waals surface area contributed by atoms with E-state index >= 15 is 0 Å². The number of benzene rings is 1. The third-order valence-electron chi connectivity index (χ3n) is 3.76. The number of rotatable bonds is 5. The molecule has 150 valence electrons. The average molecular weight is 398 g/mol. The number of nitrogens with zero attached hydrogens (tertiary/aromatic N) is 1. The number of carbonyl (C=O) groups excluding carboxylic acids is 2. The number of ether oxygens (including phenoxy) is 2. The fraction of sp³-hybridized carbons (Fsp3) is 0.556. The van der Waals surface area contributed by atoms with Crippen LogP contribution < -0.4 is 4.72 Å². The Balaban J connectivity index is 1.94. The van der Waals surface area contributed by atoms with Crippen LogP contribution in [0, 0.1) is 0 Å². The molecule has 1 aliphatic rings. The lowest BCUT2D eigenvalue weighted by molar-refractivity contribution is -0.141. The molecular formula is C18H26N2O6S. The van der Waals surface area contributed by atoms with Gasteiger partial charge in [0.2, 0.25) is 10.0 Å². The minimum Gasteiger partial charge on any atom is -0.452 e. The van der Waals surface area contributed by atoms with Gasteiger partial charge in [-0.3, -0.25) is 4.79 Å². The van der Waals surface area contributed by atoms with Crippen molar-refractivity contribution < 1.29 is 27.5 Å². The summed E-state index contributed by atoms with van der Waals surface area (Å²) in [6.07, 6.45) is -0.0467. The van der Waals surface area contributed by atoms with Crippen LogP contribution >= 0.6 is 0 Å². The average Bonchev–Trinajstić information content (AvgIpc) is 2.57. The second-order valence-corrected chi connectivity index (χ2v) is 9.16. The molecule has 2 rings (SSSR count). The summed E-state index contributed by atoms with van der Waals surface area (Å²) in [5, 5.41) is 0. The molecule has 1 fully saturated rings. The summed E-state index contributed by atoms with van der Waals surface area (Å²) in [6.45, 7) is 8.11. The van der Waals surface area contributed by atoms with Gasteiger partial charge in [0.05, 0.1) is 23.2 Å². The molecule has 1 saturated heterocycles. The maximum Gasteiger partial charge on any atom is 0.338 e. The molecule has 9 heteroatoms. The molecule has 1 amide bonds. The van der Waals surface area contributed by atoms with Crippen molar-refractivity contribution in [2.24, 2.45) is 0 Å². The smallest absolute Gasteiger partial charge is 0.338 e. The number of carbonyl (C=O) groups is 2. The Labute approximate surface area is 159 Å². The lowest BCUT2D eigenvalue weighted by Crippen LogP contribution is -2.46. The minimum absolute atomic E-state index is 0.0467. The van der Waals surface area contributed by atoms with Crippen LogP contribution in [0.1, 0.15) is 38.1 Å². The number of hydrogen-bond acceptors (Lipinski definition) is 6. The van der Waals surface area contributed by atoms with Gasteiger partial charge in [-0.05, 0) is 52.0 Å². The summed E-state index contributed by atoms with van der Waals surface area (Å²) in [4.78, 5) is 25.8. The summed E-state index contributed by atoms with van der Waals surface area (Å²) in [7, 11) is -3.68. The summed E-state index contributed by atoms with van der Waals surface area (Å²) >= 11 is 0. The van der Waals surface area contributed by atoms with Gasteiger partial charge in [-0.25, -0.2) is 17.9 Å². The molecule has 0 spiro atoms. The van der Waals surface area contributed by atoms with Crippen molar-refractivity contribution in [3.05, 3.63) is 29.8 Å². The Morgan fingerprint density at radius 2 is 1.89 bits per heavy atom. The first-order valence-electron chi connectivity index (χ1n) is 8.68. The van der Waals surface area contributed by atoms with E-state index in [0.717, 1.165) is 0 Å². The van der Waals surface area contributed by atoms with Crippen LogP contribution in [0.3, 0.4) is 0 Å². The lowest BCUT2D eigenvalue weighted by atomic mass is 10.1. The van der Waals surface area contributed by atoms with Gasteiger partial charge in [-0.15, -0.1) is 0 Å². The molecule has 0 aliphatic carbocycles. The van der Waals surface area contributed by atoms with Crippen LogP contribution in [0.25, 0.3) is 0 Å². The lowest BCUT2D eigenvalue weighted by Gasteiger charge is -2.30. The zero-order valence-corrected chi connectivity index (χ0v) is 16.8. The van der Waals surface area contributed by atoms with E-state index in [1.807, 2.05) is 6.92 Å². The Kier molecular flexibility index (Phi) is 6.61. The van der Waals surface area contributed by atoms with Crippen molar-refractivity contribution >= 4 is 21.9 Å². The number of morpholine rings is 1. The normalized spacial score (nSPS) is 18.2. The molecule has 0 radical (unpaired) electrons. The molecule has 1 aromatic rings. The van der Waals surface area contributed by atoms with E-state index < -0.39 is 21.5 Å². The topological polar surface area (TPSA) is 102 Å². The predicted molar refractivity (Wildman–Crippen MR) is 98.8 cm³/mol. The summed E-state index contributed by atoms with van der Waals surface area (Å²) in [5.74, 6) is -0.968. The van der Waals surface area contributed by atoms with Gasteiger partial charge in [0.25, 0.3) is 5.91 Å². The zero-order valence-electron chi connectivity index (χ0n) is 16.0. The molecule has 0 aromatic heterocycles. The molecular weight excluding hydrogens is 372 g/mol. The highest BCUT2D eigenvalue weighted by atomic mass is 32.2. The quantitative estimate of drug-likeness (QED) is 0.747. The highest BCUT2D eigenvalue weighted by Crippen LogP contribution is 2.14. The van der Waals surface area contributed by atoms with Gasteiger partial charge in [-0.2, -0.15) is 0 Å². The highest BCUT2D eigenvalue weighted by molar-refractivity contribution is 7.89. The van der Waals surface area contributed by atoms with Crippen molar-refractivity contribution in [2.45, 2.75) is 44.2 Å². The molecule has 1 aliphatic heterocycles. The Morgan fingerprint density at radius 3 is 2.44 bits per heavy atom. The zero-order chi connectivity index (χ0) is 20.2. The van der Waals surface area contributed by atoms with Crippen molar-refractivity contribution in [2.75, 3.05) is 26.3 Å². The van der Waals surface area contributed by atoms with Crippen molar-refractivity contribution in [3.63, 3.8) is 0 Å². The van der Waals surface area contributed by atoms with E-state index in [0.29, 0.717) is 19.7 Å². The van der Waals surface area contributed by atoms with Gasteiger partial charge in [0, 0.05) is 18.6 Å². The monoisotopic (exact) mass is 398 g/mol. The standard InChI is InChI=1S/C18H26N2O6S/c1-13-11-20(9-10-25-13)16(21)12-26-17(22)14-5-7-15(8-6-14)27(23,24)19-18(2,3)4/h5-8,13,19H,9-12H2,1-4H3. The largest absolute Gasteiger partial charge is 0.452 e. The molecule has 0 saturated carbocycles. The van der Waals surface area contributed by atoms with Crippen LogP contribution in [0.2, 0.25) is 0 Å². The fourth-order valence-electron chi connectivity index (χ4n) is 2.58. The molecule has 8 nitrogen and oxygen atoms in total. The molecule has 1 N–H and O–H groups in total. The molecule has 1 unspecified atom stereocenters. The van der Waals surface area contributed by atoms with E-state index in [1.54, 1.807) is 25.7 Å². The second kappa shape index (κ2) is 8.37. The van der Waals surface area contributed by atoms with Gasteiger partial charge >= 0.3 is 5.97 Å². The first-order valence-corrected chi connectivity index (χ1v) is 10.2. The van der Waals surface area contributed by atoms with E-state index in [1.165, 1.54) is 24.3 Å². The molecule has 0 bridgehead atoms. The maximum atomic E-state index is 12.3. The third-order valence-corrected chi connectivity index (χ3v) is 5.54. The second-order valence-electron chi connectivity index (χ2n) is 7.48. The van der Waals surface area contributed by atoms with Gasteiger partial charge in [0.1, 0.15) is 0 Å². The van der Waals surface area contributed by atoms with E-state index in [2.05, 4.69) is 4.72 Å². The Bertz CT molecular complexity index is 783. The van der Waals surface area contributed by atoms with Gasteiger partial charge in [0.15, 0.2) is 6.61 Å². The number of amides is 1. The third kappa shape index (κ3) is 6.30. The fourth-order valence-corrected chi connectivity index (χ4v) is 4.00. The van der Waals surface area contributed by atoms with Crippen molar-refractivity contribution in [3.8, 4) is 0 Å². The van der Waals surface area contributed by atoms with Crippen LogP contribution in [0.15, 0.2) is 29.2 Å². The molecule has 1 atom stereocenters. The van der Waals surface area contributed by atoms with E-state index in [9.17, 15) is 18.0 Å². The number of sulfonamides is 1. The molecule has 1 heterocycles. The maximum absolute atomic E-state index is 12.3.